The van der Waals surface area contributed by atoms with Gasteiger partial charge in [0.05, 0.1) is 13.2 Å². The summed E-state index contributed by atoms with van der Waals surface area (Å²) in [4.78, 5) is 16.8. The van der Waals surface area contributed by atoms with Gasteiger partial charge in [-0.1, -0.05) is 0 Å². The van der Waals surface area contributed by atoms with Crippen molar-refractivity contribution < 1.29 is 9.90 Å². The van der Waals surface area contributed by atoms with Gasteiger partial charge in [0, 0.05) is 24.2 Å². The van der Waals surface area contributed by atoms with Crippen LogP contribution in [-0.4, -0.2) is 71.2 Å². The van der Waals surface area contributed by atoms with Gasteiger partial charge in [-0.3, -0.25) is 14.6 Å². The van der Waals surface area contributed by atoms with E-state index in [1.807, 2.05) is 20.8 Å². The lowest BCUT2D eigenvalue weighted by Gasteiger charge is -2.31. The van der Waals surface area contributed by atoms with Gasteiger partial charge in [-0.25, -0.2) is 0 Å². The van der Waals surface area contributed by atoms with Crippen molar-refractivity contribution in [1.82, 2.24) is 15.1 Å². The quantitative estimate of drug-likeness (QED) is 0.789. The highest BCUT2D eigenvalue weighted by Crippen LogP contribution is 2.23. The molecule has 2 rings (SSSR count). The molecule has 2 aliphatic rings. The first-order valence-corrected chi connectivity index (χ1v) is 8.29. The zero-order chi connectivity index (χ0) is 15.5. The van der Waals surface area contributed by atoms with Crippen molar-refractivity contribution in [2.75, 3.05) is 32.8 Å². The van der Waals surface area contributed by atoms with Gasteiger partial charge >= 0.3 is 0 Å². The zero-order valence-electron chi connectivity index (χ0n) is 13.8. The van der Waals surface area contributed by atoms with Crippen LogP contribution in [0.25, 0.3) is 0 Å². The van der Waals surface area contributed by atoms with Crippen molar-refractivity contribution in [3.05, 3.63) is 0 Å². The van der Waals surface area contributed by atoms with Crippen LogP contribution in [0.3, 0.4) is 0 Å². The molecule has 0 radical (unpaired) electrons. The monoisotopic (exact) mass is 297 g/mol. The molecular formula is C16H31N3O2. The highest BCUT2D eigenvalue weighted by atomic mass is 16.3. The molecule has 2 heterocycles. The lowest BCUT2D eigenvalue weighted by Crippen LogP contribution is -2.49. The van der Waals surface area contributed by atoms with Crippen LogP contribution in [0.15, 0.2) is 0 Å². The molecular weight excluding hydrogens is 266 g/mol. The normalized spacial score (nSPS) is 28.2. The molecule has 21 heavy (non-hydrogen) atoms. The van der Waals surface area contributed by atoms with Gasteiger partial charge in [0.15, 0.2) is 0 Å². The Labute approximate surface area is 128 Å². The number of hydrogen-bond donors (Lipinski definition) is 2. The molecule has 2 atom stereocenters. The van der Waals surface area contributed by atoms with E-state index in [4.69, 9.17) is 0 Å². The van der Waals surface area contributed by atoms with Gasteiger partial charge in [-0.15, -0.1) is 0 Å². The number of nitrogens with one attached hydrogen (secondary N) is 1. The summed E-state index contributed by atoms with van der Waals surface area (Å²) in [6.07, 6.45) is 4.62. The van der Waals surface area contributed by atoms with Gasteiger partial charge in [0.1, 0.15) is 0 Å². The molecule has 5 heteroatoms. The first-order chi connectivity index (χ1) is 9.89. The molecule has 5 nitrogen and oxygen atoms in total. The number of amides is 1. The van der Waals surface area contributed by atoms with Gasteiger partial charge < -0.3 is 10.4 Å². The summed E-state index contributed by atoms with van der Waals surface area (Å²) >= 11 is 0. The average Bonchev–Trinajstić information content (AvgIpc) is 2.97. The Bertz CT molecular complexity index is 354. The van der Waals surface area contributed by atoms with Gasteiger partial charge in [0.2, 0.25) is 5.91 Å². The lowest BCUT2D eigenvalue weighted by molar-refractivity contribution is -0.124. The standard InChI is InChI=1S/C16H31N3O2/c1-16(2,3)17-15(21)11-19-9-4-6-13(19)10-18-8-5-7-14(18)12-20/h13-14,20H,4-12H2,1-3H3,(H,17,21). The maximum Gasteiger partial charge on any atom is 0.234 e. The van der Waals surface area contributed by atoms with Crippen LogP contribution in [0.5, 0.6) is 0 Å². The van der Waals surface area contributed by atoms with Crippen molar-refractivity contribution in [1.29, 1.82) is 0 Å². The van der Waals surface area contributed by atoms with E-state index >= 15 is 0 Å². The summed E-state index contributed by atoms with van der Waals surface area (Å²) in [5.41, 5.74) is -0.163. The number of nitrogens with zero attached hydrogens (tertiary/aromatic N) is 2. The minimum absolute atomic E-state index is 0.120. The summed E-state index contributed by atoms with van der Waals surface area (Å²) in [6.45, 7) is 9.90. The van der Waals surface area contributed by atoms with E-state index in [1.165, 1.54) is 12.8 Å². The Hall–Kier alpha value is -0.650. The summed E-state index contributed by atoms with van der Waals surface area (Å²) in [5.74, 6) is 0.120. The van der Waals surface area contributed by atoms with Crippen molar-refractivity contribution in [3.8, 4) is 0 Å². The number of carbonyl (C=O) groups is 1. The molecule has 0 bridgehead atoms. The molecule has 2 N–H and O–H groups in total. The number of rotatable bonds is 5. The van der Waals surface area contributed by atoms with E-state index in [1.54, 1.807) is 0 Å². The fourth-order valence-electron chi connectivity index (χ4n) is 3.57. The molecule has 0 aromatic rings. The second-order valence-corrected chi connectivity index (χ2v) is 7.54. The summed E-state index contributed by atoms with van der Waals surface area (Å²) in [6, 6.07) is 0.790. The number of hydrogen-bond acceptors (Lipinski definition) is 4. The van der Waals surface area contributed by atoms with Crippen LogP contribution in [0.2, 0.25) is 0 Å². The molecule has 2 fully saturated rings. The van der Waals surface area contributed by atoms with Crippen LogP contribution in [0.1, 0.15) is 46.5 Å². The second-order valence-electron chi connectivity index (χ2n) is 7.54. The smallest absolute Gasteiger partial charge is 0.234 e. The zero-order valence-corrected chi connectivity index (χ0v) is 13.8. The largest absolute Gasteiger partial charge is 0.395 e. The number of carbonyl (C=O) groups excluding carboxylic acids is 1. The first-order valence-electron chi connectivity index (χ1n) is 8.29. The molecule has 2 saturated heterocycles. The van der Waals surface area contributed by atoms with Crippen molar-refractivity contribution in [2.24, 2.45) is 0 Å². The molecule has 0 aromatic heterocycles. The van der Waals surface area contributed by atoms with E-state index in [0.29, 0.717) is 18.6 Å². The van der Waals surface area contributed by atoms with Gasteiger partial charge in [-0.2, -0.15) is 0 Å². The first kappa shape index (κ1) is 16.7. The SMILES string of the molecule is CC(C)(C)NC(=O)CN1CCCC1CN1CCCC1CO. The predicted molar refractivity (Wildman–Crippen MR) is 84.2 cm³/mol. The Morgan fingerprint density at radius 1 is 1.14 bits per heavy atom. The highest BCUT2D eigenvalue weighted by Gasteiger charge is 2.32. The lowest BCUT2D eigenvalue weighted by atomic mass is 10.1. The molecule has 0 saturated carbocycles. The summed E-state index contributed by atoms with van der Waals surface area (Å²) in [7, 11) is 0. The van der Waals surface area contributed by atoms with E-state index in [9.17, 15) is 9.90 Å². The molecule has 0 spiro atoms. The molecule has 1 amide bonds. The van der Waals surface area contributed by atoms with Crippen LogP contribution in [0, 0.1) is 0 Å². The Morgan fingerprint density at radius 2 is 1.76 bits per heavy atom. The van der Waals surface area contributed by atoms with Crippen LogP contribution in [-0.2, 0) is 4.79 Å². The third-order valence-corrected chi connectivity index (χ3v) is 4.52. The van der Waals surface area contributed by atoms with Crippen LogP contribution >= 0.6 is 0 Å². The van der Waals surface area contributed by atoms with E-state index < -0.39 is 0 Å². The molecule has 122 valence electrons. The topological polar surface area (TPSA) is 55.8 Å². The van der Waals surface area contributed by atoms with Crippen molar-refractivity contribution in [3.63, 3.8) is 0 Å². The third-order valence-electron chi connectivity index (χ3n) is 4.52. The number of aliphatic hydroxyl groups excluding tert-OH is 1. The average molecular weight is 297 g/mol. The van der Waals surface area contributed by atoms with E-state index in [-0.39, 0.29) is 18.1 Å². The number of likely N-dealkylation sites (tertiary alicyclic amines) is 2. The maximum atomic E-state index is 12.1. The Morgan fingerprint density at radius 3 is 2.38 bits per heavy atom. The molecule has 2 unspecified atom stereocenters. The van der Waals surface area contributed by atoms with Crippen molar-refractivity contribution in [2.45, 2.75) is 64.1 Å². The van der Waals surface area contributed by atoms with Gasteiger partial charge in [-0.05, 0) is 59.5 Å². The molecule has 2 aliphatic heterocycles. The Kier molecular flexibility index (Phi) is 5.63. The highest BCUT2D eigenvalue weighted by molar-refractivity contribution is 5.78. The summed E-state index contributed by atoms with van der Waals surface area (Å²) in [5, 5.41) is 12.5. The van der Waals surface area contributed by atoms with Crippen LogP contribution < -0.4 is 5.32 Å². The fourth-order valence-corrected chi connectivity index (χ4v) is 3.57. The predicted octanol–water partition coefficient (Wildman–Crippen LogP) is 0.822. The maximum absolute atomic E-state index is 12.1. The van der Waals surface area contributed by atoms with Crippen molar-refractivity contribution >= 4 is 5.91 Å². The summed E-state index contributed by atoms with van der Waals surface area (Å²) < 4.78 is 0. The van der Waals surface area contributed by atoms with Crippen LogP contribution in [0.4, 0.5) is 0 Å². The second kappa shape index (κ2) is 7.07. The minimum Gasteiger partial charge on any atom is -0.395 e. The number of aliphatic hydroxyl groups is 1. The third kappa shape index (κ3) is 4.94. The molecule has 0 aliphatic carbocycles. The fraction of sp³-hybridized carbons (Fsp3) is 0.938. The van der Waals surface area contributed by atoms with E-state index in [0.717, 1.165) is 32.5 Å². The molecule has 0 aromatic carbocycles. The van der Waals surface area contributed by atoms with Gasteiger partial charge in [0.25, 0.3) is 0 Å². The minimum atomic E-state index is -0.163. The Balaban J connectivity index is 1.84. The van der Waals surface area contributed by atoms with E-state index in [2.05, 4.69) is 15.1 Å².